The number of benzene rings is 1. The Kier molecular flexibility index (Phi) is 4.24. The highest BCUT2D eigenvalue weighted by atomic mass is 35.5. The zero-order valence-electron chi connectivity index (χ0n) is 12.4. The summed E-state index contributed by atoms with van der Waals surface area (Å²) in [6.07, 6.45) is 1.49. The lowest BCUT2D eigenvalue weighted by Gasteiger charge is -2.11. The van der Waals surface area contributed by atoms with E-state index in [9.17, 15) is 0 Å². The molecule has 2 heterocycles. The van der Waals surface area contributed by atoms with Gasteiger partial charge in [0.05, 0.1) is 19.0 Å². The molecular formula is C14H13ClN6O2. The van der Waals surface area contributed by atoms with Crippen molar-refractivity contribution < 1.29 is 9.26 Å². The fourth-order valence-electron chi connectivity index (χ4n) is 1.87. The van der Waals surface area contributed by atoms with Crippen molar-refractivity contribution in [3.05, 3.63) is 41.2 Å². The predicted molar refractivity (Wildman–Crippen MR) is 85.6 cm³/mol. The maximum Gasteiger partial charge on any atom is 0.250 e. The lowest BCUT2D eigenvalue weighted by molar-refractivity contribution is 0.400. The lowest BCUT2D eigenvalue weighted by atomic mass is 10.3. The van der Waals surface area contributed by atoms with Gasteiger partial charge in [0, 0.05) is 11.1 Å². The number of aromatic nitrogens is 4. The zero-order chi connectivity index (χ0) is 16.2. The smallest absolute Gasteiger partial charge is 0.250 e. The summed E-state index contributed by atoms with van der Waals surface area (Å²) in [5.74, 6) is 2.57. The molecule has 2 N–H and O–H groups in total. The van der Waals surface area contributed by atoms with Gasteiger partial charge >= 0.3 is 0 Å². The van der Waals surface area contributed by atoms with Gasteiger partial charge in [-0.2, -0.15) is 10.1 Å². The Bertz CT molecular complexity index is 823. The van der Waals surface area contributed by atoms with Crippen molar-refractivity contribution >= 4 is 34.9 Å². The first-order chi connectivity index (χ1) is 11.1. The van der Waals surface area contributed by atoms with Crippen LogP contribution < -0.4 is 15.4 Å². The third kappa shape index (κ3) is 3.67. The second kappa shape index (κ2) is 6.49. The highest BCUT2D eigenvalue weighted by molar-refractivity contribution is 6.31. The standard InChI is InChI=1S/C14H13ClN6O2/c1-8-5-12(21-23-8)18-14-19-13(7-16-20-14)17-10-6-9(15)3-4-11(10)22-2/h3-7H,1-2H3,(H2,17,18,19,20,21). The van der Waals surface area contributed by atoms with E-state index >= 15 is 0 Å². The van der Waals surface area contributed by atoms with Crippen LogP contribution in [0.2, 0.25) is 5.02 Å². The molecule has 118 valence electrons. The normalized spacial score (nSPS) is 10.4. The predicted octanol–water partition coefficient (Wildman–Crippen LogP) is 3.32. The maximum atomic E-state index is 6.01. The van der Waals surface area contributed by atoms with E-state index in [0.29, 0.717) is 33.9 Å². The molecule has 2 aromatic heterocycles. The molecular weight excluding hydrogens is 320 g/mol. The molecule has 0 fully saturated rings. The van der Waals surface area contributed by atoms with Gasteiger partial charge in [-0.25, -0.2) is 0 Å². The third-order valence-electron chi connectivity index (χ3n) is 2.85. The van der Waals surface area contributed by atoms with E-state index in [4.69, 9.17) is 20.9 Å². The van der Waals surface area contributed by atoms with E-state index < -0.39 is 0 Å². The summed E-state index contributed by atoms with van der Waals surface area (Å²) in [4.78, 5) is 4.30. The highest BCUT2D eigenvalue weighted by Gasteiger charge is 2.08. The summed E-state index contributed by atoms with van der Waals surface area (Å²) in [7, 11) is 1.58. The van der Waals surface area contributed by atoms with Crippen molar-refractivity contribution in [3.63, 3.8) is 0 Å². The van der Waals surface area contributed by atoms with Crippen LogP contribution in [0.3, 0.4) is 0 Å². The van der Waals surface area contributed by atoms with Gasteiger partial charge < -0.3 is 19.9 Å². The highest BCUT2D eigenvalue weighted by Crippen LogP contribution is 2.29. The van der Waals surface area contributed by atoms with E-state index in [0.717, 1.165) is 0 Å². The summed E-state index contributed by atoms with van der Waals surface area (Å²) in [6.45, 7) is 1.79. The molecule has 0 aliphatic carbocycles. The molecule has 0 bridgehead atoms. The second-order valence-corrected chi connectivity index (χ2v) is 5.02. The Hall–Kier alpha value is -2.87. The number of aryl methyl sites for hydroxylation is 1. The Labute approximate surface area is 136 Å². The van der Waals surface area contributed by atoms with E-state index in [1.165, 1.54) is 6.20 Å². The quantitative estimate of drug-likeness (QED) is 0.734. The summed E-state index contributed by atoms with van der Waals surface area (Å²) < 4.78 is 10.2. The summed E-state index contributed by atoms with van der Waals surface area (Å²) in [6, 6.07) is 6.96. The molecule has 3 rings (SSSR count). The lowest BCUT2D eigenvalue weighted by Crippen LogP contribution is -2.03. The number of ether oxygens (including phenoxy) is 1. The average molecular weight is 333 g/mol. The van der Waals surface area contributed by atoms with Gasteiger partial charge in [0.15, 0.2) is 11.6 Å². The molecule has 1 aromatic carbocycles. The minimum absolute atomic E-state index is 0.282. The van der Waals surface area contributed by atoms with Crippen molar-refractivity contribution in [2.75, 3.05) is 17.7 Å². The Morgan fingerprint density at radius 3 is 2.78 bits per heavy atom. The van der Waals surface area contributed by atoms with Gasteiger partial charge in [-0.15, -0.1) is 5.10 Å². The number of hydrogen-bond donors (Lipinski definition) is 2. The Morgan fingerprint density at radius 1 is 1.17 bits per heavy atom. The van der Waals surface area contributed by atoms with Gasteiger partial charge in [-0.05, 0) is 25.1 Å². The number of anilines is 4. The first-order valence-electron chi connectivity index (χ1n) is 6.64. The zero-order valence-corrected chi connectivity index (χ0v) is 13.1. The number of nitrogens with one attached hydrogen (secondary N) is 2. The van der Waals surface area contributed by atoms with Crippen LogP contribution in [0.4, 0.5) is 23.3 Å². The second-order valence-electron chi connectivity index (χ2n) is 4.58. The van der Waals surface area contributed by atoms with Crippen LogP contribution in [0.25, 0.3) is 0 Å². The largest absolute Gasteiger partial charge is 0.495 e. The maximum absolute atomic E-state index is 6.01. The number of rotatable bonds is 5. The number of hydrogen-bond acceptors (Lipinski definition) is 8. The molecule has 0 atom stereocenters. The average Bonchev–Trinajstić information content (AvgIpc) is 2.93. The van der Waals surface area contributed by atoms with Gasteiger partial charge in [0.1, 0.15) is 11.5 Å². The molecule has 0 saturated carbocycles. The minimum Gasteiger partial charge on any atom is -0.495 e. The van der Waals surface area contributed by atoms with E-state index in [2.05, 4.69) is 31.0 Å². The van der Waals surface area contributed by atoms with Crippen molar-refractivity contribution in [2.24, 2.45) is 0 Å². The van der Waals surface area contributed by atoms with Crippen LogP contribution in [0, 0.1) is 6.92 Å². The van der Waals surface area contributed by atoms with Crippen molar-refractivity contribution in [3.8, 4) is 5.75 Å². The van der Waals surface area contributed by atoms with Crippen molar-refractivity contribution in [1.29, 1.82) is 0 Å². The van der Waals surface area contributed by atoms with Crippen molar-refractivity contribution in [1.82, 2.24) is 20.3 Å². The van der Waals surface area contributed by atoms with E-state index in [1.54, 1.807) is 38.3 Å². The van der Waals surface area contributed by atoms with Crippen LogP contribution >= 0.6 is 11.6 Å². The number of methoxy groups -OCH3 is 1. The molecule has 9 heteroatoms. The molecule has 8 nitrogen and oxygen atoms in total. The van der Waals surface area contributed by atoms with Crippen LogP contribution in [0.1, 0.15) is 5.76 Å². The molecule has 0 amide bonds. The Balaban J connectivity index is 1.81. The third-order valence-corrected chi connectivity index (χ3v) is 3.09. The minimum atomic E-state index is 0.282. The summed E-state index contributed by atoms with van der Waals surface area (Å²) >= 11 is 6.01. The topological polar surface area (TPSA) is 98.0 Å². The van der Waals surface area contributed by atoms with Gasteiger partial charge in [-0.3, -0.25) is 0 Å². The van der Waals surface area contributed by atoms with Crippen LogP contribution in [0.15, 0.2) is 35.0 Å². The fraction of sp³-hybridized carbons (Fsp3) is 0.143. The Morgan fingerprint density at radius 2 is 2.04 bits per heavy atom. The number of halogens is 1. The fourth-order valence-corrected chi connectivity index (χ4v) is 2.04. The molecule has 3 aromatic rings. The van der Waals surface area contributed by atoms with Gasteiger partial charge in [0.2, 0.25) is 5.95 Å². The SMILES string of the molecule is COc1ccc(Cl)cc1Nc1cnnc(Nc2cc(C)on2)n1. The first kappa shape index (κ1) is 15.0. The first-order valence-corrected chi connectivity index (χ1v) is 7.02. The molecule has 0 aliphatic rings. The number of nitrogens with zero attached hydrogens (tertiary/aromatic N) is 4. The molecule has 23 heavy (non-hydrogen) atoms. The van der Waals surface area contributed by atoms with Gasteiger partial charge in [-0.1, -0.05) is 16.8 Å². The van der Waals surface area contributed by atoms with E-state index in [-0.39, 0.29) is 5.95 Å². The van der Waals surface area contributed by atoms with Gasteiger partial charge in [0.25, 0.3) is 0 Å². The summed E-state index contributed by atoms with van der Waals surface area (Å²) in [5, 5.41) is 18.2. The molecule has 0 saturated heterocycles. The van der Waals surface area contributed by atoms with Crippen molar-refractivity contribution in [2.45, 2.75) is 6.92 Å². The summed E-state index contributed by atoms with van der Waals surface area (Å²) in [5.41, 5.74) is 0.670. The van der Waals surface area contributed by atoms with E-state index in [1.807, 2.05) is 0 Å². The molecule has 0 radical (unpaired) electrons. The molecule has 0 spiro atoms. The molecule has 0 unspecified atom stereocenters. The van der Waals surface area contributed by atoms with Crippen LogP contribution in [0.5, 0.6) is 5.75 Å². The van der Waals surface area contributed by atoms with Crippen LogP contribution in [-0.2, 0) is 0 Å². The van der Waals surface area contributed by atoms with Crippen LogP contribution in [-0.4, -0.2) is 27.4 Å². The monoisotopic (exact) mass is 332 g/mol. The molecule has 0 aliphatic heterocycles.